The number of fused-ring (bicyclic) bond motifs is 1. The van der Waals surface area contributed by atoms with Crippen LogP contribution in [0.2, 0.25) is 0 Å². The third kappa shape index (κ3) is 2.22. The molecule has 2 aromatic heterocycles. The highest BCUT2D eigenvalue weighted by atomic mass is 79.9. The lowest BCUT2D eigenvalue weighted by Crippen LogP contribution is -1.94. The van der Waals surface area contributed by atoms with Crippen molar-refractivity contribution in [1.82, 2.24) is 4.98 Å². The van der Waals surface area contributed by atoms with Crippen molar-refractivity contribution >= 4 is 38.4 Å². The Kier molecular flexibility index (Phi) is 3.22. The number of hydrogen-bond acceptors (Lipinski definition) is 3. The number of aryl methyl sites for hydroxylation is 1. The number of para-hydroxylation sites is 2. The summed E-state index contributed by atoms with van der Waals surface area (Å²) >= 11 is 5.49. The zero-order valence-corrected chi connectivity index (χ0v) is 12.3. The second-order valence-corrected chi connectivity index (χ2v) is 6.27. The molecule has 2 nitrogen and oxygen atoms in total. The molecule has 2 heterocycles. The Morgan fingerprint density at radius 3 is 2.89 bits per heavy atom. The van der Waals surface area contributed by atoms with Gasteiger partial charge < -0.3 is 4.42 Å². The van der Waals surface area contributed by atoms with E-state index in [0.29, 0.717) is 0 Å². The summed E-state index contributed by atoms with van der Waals surface area (Å²) in [6.07, 6.45) is 0.774. The smallest absolute Gasteiger partial charge is 0.196 e. The lowest BCUT2D eigenvalue weighted by atomic mass is 10.2. The maximum absolute atomic E-state index is 5.74. The Morgan fingerprint density at radius 2 is 2.17 bits per heavy atom. The molecule has 4 heteroatoms. The summed E-state index contributed by atoms with van der Waals surface area (Å²) in [5.41, 5.74) is 3.10. The molecule has 0 bridgehead atoms. The van der Waals surface area contributed by atoms with Crippen LogP contribution in [0.25, 0.3) is 11.1 Å². The van der Waals surface area contributed by atoms with Gasteiger partial charge in [0.05, 0.1) is 4.83 Å². The van der Waals surface area contributed by atoms with E-state index in [-0.39, 0.29) is 4.83 Å². The fraction of sp³-hybridized carbons (Fsp3) is 0.214. The maximum atomic E-state index is 5.74. The number of alkyl halides is 1. The van der Waals surface area contributed by atoms with E-state index in [4.69, 9.17) is 4.42 Å². The number of hydrogen-bond donors (Lipinski definition) is 0. The molecule has 0 saturated heterocycles. The molecule has 1 atom stereocenters. The highest BCUT2D eigenvalue weighted by Crippen LogP contribution is 2.33. The molecule has 18 heavy (non-hydrogen) atoms. The molecule has 0 aliphatic rings. The van der Waals surface area contributed by atoms with Gasteiger partial charge in [-0.25, -0.2) is 4.98 Å². The first-order valence-electron chi connectivity index (χ1n) is 5.76. The molecule has 92 valence electrons. The van der Waals surface area contributed by atoms with Gasteiger partial charge in [0.1, 0.15) is 5.52 Å². The van der Waals surface area contributed by atoms with Crippen molar-refractivity contribution in [1.29, 1.82) is 0 Å². The van der Waals surface area contributed by atoms with Crippen LogP contribution < -0.4 is 0 Å². The van der Waals surface area contributed by atoms with Crippen LogP contribution in [0.3, 0.4) is 0 Å². The number of halogens is 1. The van der Waals surface area contributed by atoms with Crippen LogP contribution in [-0.4, -0.2) is 4.98 Å². The minimum absolute atomic E-state index is 0.269. The number of aromatic nitrogens is 1. The number of rotatable bonds is 3. The van der Waals surface area contributed by atoms with Crippen LogP contribution in [0, 0.1) is 6.92 Å². The van der Waals surface area contributed by atoms with Crippen molar-refractivity contribution in [2.45, 2.75) is 18.2 Å². The van der Waals surface area contributed by atoms with Gasteiger partial charge in [-0.1, -0.05) is 28.1 Å². The topological polar surface area (TPSA) is 26.0 Å². The Morgan fingerprint density at radius 1 is 1.33 bits per heavy atom. The quantitative estimate of drug-likeness (QED) is 0.643. The van der Waals surface area contributed by atoms with Crippen molar-refractivity contribution in [2.24, 2.45) is 0 Å². The Hall–Kier alpha value is -1.13. The number of nitrogens with zero attached hydrogens (tertiary/aromatic N) is 1. The van der Waals surface area contributed by atoms with Crippen molar-refractivity contribution < 1.29 is 4.42 Å². The van der Waals surface area contributed by atoms with Gasteiger partial charge in [0.15, 0.2) is 11.5 Å². The Labute approximate surface area is 118 Å². The van der Waals surface area contributed by atoms with Gasteiger partial charge in [-0.3, -0.25) is 0 Å². The molecule has 0 aliphatic heterocycles. The predicted octanol–water partition coefficient (Wildman–Crippen LogP) is 4.88. The number of thiophene rings is 1. The lowest BCUT2D eigenvalue weighted by molar-refractivity contribution is 0.528. The SMILES string of the molecule is Cc1ccsc1C(Br)Cc1nc2ccccc2o1. The van der Waals surface area contributed by atoms with Crippen molar-refractivity contribution in [2.75, 3.05) is 0 Å². The number of oxazole rings is 1. The zero-order valence-electron chi connectivity index (χ0n) is 9.89. The zero-order chi connectivity index (χ0) is 12.5. The summed E-state index contributed by atoms with van der Waals surface area (Å²) in [7, 11) is 0. The maximum Gasteiger partial charge on any atom is 0.196 e. The predicted molar refractivity (Wildman–Crippen MR) is 78.4 cm³/mol. The second-order valence-electron chi connectivity index (χ2n) is 4.21. The molecule has 3 rings (SSSR count). The van der Waals surface area contributed by atoms with E-state index in [1.807, 2.05) is 24.3 Å². The van der Waals surface area contributed by atoms with Gasteiger partial charge in [0, 0.05) is 11.3 Å². The third-order valence-corrected chi connectivity index (χ3v) is 5.10. The molecule has 3 aromatic rings. The second kappa shape index (κ2) is 4.86. The highest BCUT2D eigenvalue weighted by Gasteiger charge is 2.16. The summed E-state index contributed by atoms with van der Waals surface area (Å²) in [6, 6.07) is 10.0. The molecule has 0 radical (unpaired) electrons. The molecule has 1 aromatic carbocycles. The van der Waals surface area contributed by atoms with Gasteiger partial charge in [0.25, 0.3) is 0 Å². The standard InChI is InChI=1S/C14H12BrNOS/c1-9-6-7-18-14(9)10(15)8-13-16-11-4-2-3-5-12(11)17-13/h2-7,10H,8H2,1H3. The van der Waals surface area contributed by atoms with Crippen LogP contribution >= 0.6 is 27.3 Å². The van der Waals surface area contributed by atoms with Gasteiger partial charge in [-0.05, 0) is 36.1 Å². The molecular weight excluding hydrogens is 310 g/mol. The van der Waals surface area contributed by atoms with Crippen LogP contribution in [0.5, 0.6) is 0 Å². The van der Waals surface area contributed by atoms with E-state index < -0.39 is 0 Å². The van der Waals surface area contributed by atoms with E-state index in [9.17, 15) is 0 Å². The highest BCUT2D eigenvalue weighted by molar-refractivity contribution is 9.09. The first-order chi connectivity index (χ1) is 8.74. The average Bonchev–Trinajstić information content (AvgIpc) is 2.94. The first-order valence-corrected chi connectivity index (χ1v) is 7.56. The van der Waals surface area contributed by atoms with E-state index >= 15 is 0 Å². The summed E-state index contributed by atoms with van der Waals surface area (Å²) in [6.45, 7) is 2.13. The summed E-state index contributed by atoms with van der Waals surface area (Å²) in [5.74, 6) is 0.783. The molecule has 0 fully saturated rings. The molecule has 0 N–H and O–H groups in total. The van der Waals surface area contributed by atoms with Crippen LogP contribution in [0.15, 0.2) is 40.1 Å². The van der Waals surface area contributed by atoms with Crippen LogP contribution in [0.4, 0.5) is 0 Å². The summed E-state index contributed by atoms with van der Waals surface area (Å²) in [5, 5.41) is 2.12. The number of benzene rings is 1. The molecule has 0 aliphatic carbocycles. The van der Waals surface area contributed by atoms with Crippen LogP contribution in [0.1, 0.15) is 21.2 Å². The van der Waals surface area contributed by atoms with E-state index in [2.05, 4.69) is 39.3 Å². The first kappa shape index (κ1) is 11.9. The monoisotopic (exact) mass is 321 g/mol. The van der Waals surface area contributed by atoms with Gasteiger partial charge in [-0.15, -0.1) is 11.3 Å². The van der Waals surface area contributed by atoms with Gasteiger partial charge >= 0.3 is 0 Å². The molecule has 1 unspecified atom stereocenters. The fourth-order valence-electron chi connectivity index (χ4n) is 1.96. The molecular formula is C14H12BrNOS. The van der Waals surface area contributed by atoms with Crippen molar-refractivity contribution in [3.05, 3.63) is 52.0 Å². The van der Waals surface area contributed by atoms with E-state index in [1.54, 1.807) is 11.3 Å². The summed E-state index contributed by atoms with van der Waals surface area (Å²) < 4.78 is 5.74. The average molecular weight is 322 g/mol. The molecule has 0 saturated carbocycles. The Bertz CT molecular complexity index is 640. The fourth-order valence-corrected chi connectivity index (χ4v) is 3.82. The van der Waals surface area contributed by atoms with E-state index in [0.717, 1.165) is 23.4 Å². The van der Waals surface area contributed by atoms with Gasteiger partial charge in [-0.2, -0.15) is 0 Å². The Balaban J connectivity index is 1.86. The minimum Gasteiger partial charge on any atom is -0.441 e. The molecule has 0 spiro atoms. The van der Waals surface area contributed by atoms with Gasteiger partial charge in [0.2, 0.25) is 0 Å². The minimum atomic E-state index is 0.269. The third-order valence-electron chi connectivity index (χ3n) is 2.88. The van der Waals surface area contributed by atoms with Crippen molar-refractivity contribution in [3.8, 4) is 0 Å². The summed E-state index contributed by atoms with van der Waals surface area (Å²) in [4.78, 5) is 6.11. The lowest BCUT2D eigenvalue weighted by Gasteiger charge is -2.05. The van der Waals surface area contributed by atoms with Crippen molar-refractivity contribution in [3.63, 3.8) is 0 Å². The van der Waals surface area contributed by atoms with E-state index in [1.165, 1.54) is 10.4 Å². The molecule has 0 amide bonds. The van der Waals surface area contributed by atoms with Crippen LogP contribution in [-0.2, 0) is 6.42 Å². The normalized spacial score (nSPS) is 13.0. The largest absolute Gasteiger partial charge is 0.441 e.